The molecule has 154 valence electrons. The molecule has 2 aliphatic heterocycles. The Bertz CT molecular complexity index is 995. The second-order valence-corrected chi connectivity index (χ2v) is 7.02. The lowest BCUT2D eigenvalue weighted by Gasteiger charge is -2.34. The van der Waals surface area contributed by atoms with Gasteiger partial charge in [-0.1, -0.05) is 0 Å². The number of nitrogens with one attached hydrogen (secondary N) is 3. The molecule has 4 heterocycles. The van der Waals surface area contributed by atoms with Gasteiger partial charge in [0.15, 0.2) is 0 Å². The van der Waals surface area contributed by atoms with Crippen LogP contribution >= 0.6 is 0 Å². The fourth-order valence-electron chi connectivity index (χ4n) is 3.64. The van der Waals surface area contributed by atoms with Crippen molar-refractivity contribution in [2.24, 2.45) is 10.7 Å². The molecule has 2 aromatic heterocycles. The predicted molar refractivity (Wildman–Crippen MR) is 104 cm³/mol. The number of nitrogens with two attached hydrogens (primary N) is 1. The number of hydrogen-bond donors (Lipinski definition) is 4. The average molecular weight is 407 g/mol. The second-order valence-electron chi connectivity index (χ2n) is 7.02. The molecule has 5 N–H and O–H groups in total. The van der Waals surface area contributed by atoms with Crippen LogP contribution in [0.15, 0.2) is 29.8 Å². The van der Waals surface area contributed by atoms with E-state index in [0.717, 1.165) is 12.6 Å². The zero-order valence-electron chi connectivity index (χ0n) is 15.4. The molecule has 2 aromatic rings. The van der Waals surface area contributed by atoms with E-state index in [2.05, 4.69) is 25.6 Å². The minimum Gasteiger partial charge on any atom is -0.384 e. The lowest BCUT2D eigenvalue weighted by atomic mass is 10.0. The van der Waals surface area contributed by atoms with Gasteiger partial charge in [0, 0.05) is 43.9 Å². The first kappa shape index (κ1) is 19.2. The van der Waals surface area contributed by atoms with E-state index in [1.165, 1.54) is 12.4 Å². The number of rotatable bonds is 3. The number of hydrogen-bond acceptors (Lipinski definition) is 6. The molecule has 1 fully saturated rings. The van der Waals surface area contributed by atoms with Crippen molar-refractivity contribution in [1.29, 1.82) is 0 Å². The van der Waals surface area contributed by atoms with Gasteiger partial charge in [0.2, 0.25) is 0 Å². The number of aliphatic imine (C=N–C) groups is 1. The first-order valence-corrected chi connectivity index (χ1v) is 9.19. The number of alkyl halides is 3. The van der Waals surface area contributed by atoms with Gasteiger partial charge in [-0.3, -0.25) is 9.79 Å². The number of aromatic nitrogens is 2. The van der Waals surface area contributed by atoms with Crippen LogP contribution in [0, 0.1) is 0 Å². The predicted octanol–water partition coefficient (Wildman–Crippen LogP) is 1.96. The topological polar surface area (TPSA) is 111 Å². The van der Waals surface area contributed by atoms with E-state index in [1.54, 1.807) is 11.1 Å². The molecule has 0 unspecified atom stereocenters. The molecule has 4 rings (SSSR count). The van der Waals surface area contributed by atoms with E-state index < -0.39 is 17.6 Å². The molecule has 0 bridgehead atoms. The van der Waals surface area contributed by atoms with Gasteiger partial charge in [0.25, 0.3) is 5.91 Å². The number of amides is 1. The van der Waals surface area contributed by atoms with Crippen molar-refractivity contribution < 1.29 is 18.0 Å². The van der Waals surface area contributed by atoms with Crippen molar-refractivity contribution in [3.05, 3.63) is 30.4 Å². The van der Waals surface area contributed by atoms with Gasteiger partial charge in [0.1, 0.15) is 11.4 Å². The highest BCUT2D eigenvalue weighted by Gasteiger charge is 2.38. The van der Waals surface area contributed by atoms with Gasteiger partial charge in [-0.15, -0.1) is 0 Å². The largest absolute Gasteiger partial charge is 0.419 e. The van der Waals surface area contributed by atoms with Crippen molar-refractivity contribution in [1.82, 2.24) is 15.3 Å². The highest BCUT2D eigenvalue weighted by Crippen LogP contribution is 2.43. The van der Waals surface area contributed by atoms with Crippen LogP contribution < -0.4 is 21.3 Å². The van der Waals surface area contributed by atoms with Gasteiger partial charge in [-0.25, -0.2) is 4.98 Å². The third-order valence-corrected chi connectivity index (χ3v) is 4.96. The Hall–Kier alpha value is -3.08. The van der Waals surface area contributed by atoms with Crippen LogP contribution in [0.4, 0.5) is 24.5 Å². The highest BCUT2D eigenvalue weighted by atomic mass is 19.4. The molecule has 1 amide bonds. The molecule has 29 heavy (non-hydrogen) atoms. The molecule has 1 saturated heterocycles. The molecule has 8 nitrogen and oxygen atoms in total. The summed E-state index contributed by atoms with van der Waals surface area (Å²) in [4.78, 5) is 24.9. The molecular weight excluding hydrogens is 387 g/mol. The van der Waals surface area contributed by atoms with E-state index in [0.29, 0.717) is 19.5 Å². The van der Waals surface area contributed by atoms with Gasteiger partial charge in [0.05, 0.1) is 28.9 Å². The van der Waals surface area contributed by atoms with E-state index in [4.69, 9.17) is 5.73 Å². The Morgan fingerprint density at radius 3 is 2.90 bits per heavy atom. The quantitative estimate of drug-likeness (QED) is 0.622. The van der Waals surface area contributed by atoms with E-state index in [9.17, 15) is 18.0 Å². The van der Waals surface area contributed by atoms with Gasteiger partial charge < -0.3 is 26.3 Å². The smallest absolute Gasteiger partial charge is 0.384 e. The number of nitrogens with zero attached hydrogens (tertiary/aromatic N) is 3. The van der Waals surface area contributed by atoms with E-state index >= 15 is 0 Å². The molecule has 1 atom stereocenters. The molecule has 0 aromatic carbocycles. The lowest BCUT2D eigenvalue weighted by molar-refractivity contribution is -0.137. The minimum atomic E-state index is -4.60. The summed E-state index contributed by atoms with van der Waals surface area (Å²) in [7, 11) is 0. The zero-order valence-corrected chi connectivity index (χ0v) is 15.4. The van der Waals surface area contributed by atoms with Crippen molar-refractivity contribution in [2.45, 2.75) is 25.1 Å². The molecule has 0 radical (unpaired) electrons. The maximum absolute atomic E-state index is 13.8. The fourth-order valence-corrected chi connectivity index (χ4v) is 3.64. The summed E-state index contributed by atoms with van der Waals surface area (Å²) in [6.07, 6.45) is 2.14. The Morgan fingerprint density at radius 2 is 2.21 bits per heavy atom. The molecule has 0 aliphatic carbocycles. The molecule has 2 aliphatic rings. The summed E-state index contributed by atoms with van der Waals surface area (Å²) >= 11 is 0. The highest BCUT2D eigenvalue weighted by molar-refractivity contribution is 6.44. The number of pyridine rings is 1. The van der Waals surface area contributed by atoms with E-state index in [-0.39, 0.29) is 40.7 Å². The molecule has 11 heteroatoms. The first-order valence-electron chi connectivity index (χ1n) is 9.19. The summed E-state index contributed by atoms with van der Waals surface area (Å²) in [5, 5.41) is 5.74. The molecule has 0 spiro atoms. The third kappa shape index (κ3) is 3.77. The van der Waals surface area contributed by atoms with Crippen LogP contribution in [0.1, 0.15) is 18.4 Å². The van der Waals surface area contributed by atoms with Crippen LogP contribution in [0.2, 0.25) is 0 Å². The Morgan fingerprint density at radius 1 is 1.38 bits per heavy atom. The Kier molecular flexibility index (Phi) is 4.91. The zero-order chi connectivity index (χ0) is 20.6. The number of carbonyl (C=O) groups excluding carboxylic acids is 1. The SMILES string of the molecule is N[C@@H]1CCCN(c2c(C(F)(F)F)cnc3[nH]cc(NC(=O)C4=NC=CNC4)c23)C1. The third-order valence-electron chi connectivity index (χ3n) is 4.96. The maximum atomic E-state index is 13.8. The number of piperidine rings is 1. The summed E-state index contributed by atoms with van der Waals surface area (Å²) in [5.41, 5.74) is 5.84. The average Bonchev–Trinajstić information content (AvgIpc) is 3.10. The number of H-pyrrole nitrogens is 1. The Balaban J connectivity index is 1.81. The van der Waals surface area contributed by atoms with Crippen LogP contribution in [0.3, 0.4) is 0 Å². The van der Waals surface area contributed by atoms with Gasteiger partial charge in [-0.2, -0.15) is 13.2 Å². The van der Waals surface area contributed by atoms with Crippen LogP contribution in [-0.4, -0.2) is 47.3 Å². The number of aromatic amines is 1. The molecule has 0 saturated carbocycles. The van der Waals surface area contributed by atoms with Crippen molar-refractivity contribution >= 4 is 34.0 Å². The van der Waals surface area contributed by atoms with Gasteiger partial charge >= 0.3 is 6.18 Å². The standard InChI is InChI=1S/C18H20F3N7O/c19-18(20,21)11-6-25-16-14(15(11)28-5-1-2-10(22)9-28)12(8-26-16)27-17(29)13-7-23-3-4-24-13/h3-4,6,8,10,23H,1-2,5,7,9,22H2,(H,25,26)(H,27,29)/t10-/m1/s1. The van der Waals surface area contributed by atoms with Crippen molar-refractivity contribution in [3.8, 4) is 0 Å². The summed E-state index contributed by atoms with van der Waals surface area (Å²) in [6, 6.07) is -0.223. The number of fused-ring (bicyclic) bond motifs is 1. The van der Waals surface area contributed by atoms with Crippen molar-refractivity contribution in [2.75, 3.05) is 29.9 Å². The minimum absolute atomic E-state index is 0.0159. The van der Waals surface area contributed by atoms with Crippen LogP contribution in [0.5, 0.6) is 0 Å². The first-order chi connectivity index (χ1) is 13.8. The normalized spacial score (nSPS) is 19.8. The van der Waals surface area contributed by atoms with Gasteiger partial charge in [-0.05, 0) is 12.8 Å². The van der Waals surface area contributed by atoms with Crippen molar-refractivity contribution in [3.63, 3.8) is 0 Å². The fraction of sp³-hybridized carbons (Fsp3) is 0.389. The summed E-state index contributed by atoms with van der Waals surface area (Å²) in [5.74, 6) is -0.499. The second kappa shape index (κ2) is 7.39. The number of anilines is 2. The number of halogens is 3. The summed E-state index contributed by atoms with van der Waals surface area (Å²) in [6.45, 7) is 0.961. The maximum Gasteiger partial charge on any atom is 0.419 e. The monoisotopic (exact) mass is 407 g/mol. The van der Waals surface area contributed by atoms with Crippen LogP contribution in [-0.2, 0) is 11.0 Å². The Labute approximate surface area is 164 Å². The lowest BCUT2D eigenvalue weighted by Crippen LogP contribution is -2.43. The van der Waals surface area contributed by atoms with Crippen LogP contribution in [0.25, 0.3) is 11.0 Å². The summed E-state index contributed by atoms with van der Waals surface area (Å²) < 4.78 is 41.4. The molecular formula is C18H20F3N7O. The van der Waals surface area contributed by atoms with E-state index in [1.807, 2.05) is 0 Å². The number of carbonyl (C=O) groups is 1.